The molecular weight excluding hydrogens is 350 g/mol. The Morgan fingerprint density at radius 2 is 1.55 bits per heavy atom. The van der Waals surface area contributed by atoms with Crippen molar-refractivity contribution in [3.8, 4) is 0 Å². The lowest BCUT2D eigenvalue weighted by atomic mass is 9.84. The maximum atomic E-state index is 4.58. The van der Waals surface area contributed by atoms with E-state index in [9.17, 15) is 0 Å². The van der Waals surface area contributed by atoms with Crippen LogP contribution in [-0.2, 0) is 0 Å². The van der Waals surface area contributed by atoms with Gasteiger partial charge in [-0.2, -0.15) is 0 Å². The summed E-state index contributed by atoms with van der Waals surface area (Å²) in [6.45, 7) is 29.2. The molecule has 0 aliphatic rings. The van der Waals surface area contributed by atoms with Crippen LogP contribution in [0.3, 0.4) is 0 Å². The summed E-state index contributed by atoms with van der Waals surface area (Å²) < 4.78 is 0. The van der Waals surface area contributed by atoms with Crippen LogP contribution in [0.1, 0.15) is 99.1 Å². The Balaban J connectivity index is 0. The number of benzene rings is 1. The number of aryl methyl sites for hydroxylation is 1. The van der Waals surface area contributed by atoms with E-state index in [0.29, 0.717) is 5.41 Å². The highest BCUT2D eigenvalue weighted by Gasteiger charge is 2.13. The molecule has 0 saturated carbocycles. The van der Waals surface area contributed by atoms with Crippen molar-refractivity contribution in [1.29, 1.82) is 0 Å². The van der Waals surface area contributed by atoms with Crippen LogP contribution in [0.15, 0.2) is 59.8 Å². The van der Waals surface area contributed by atoms with Gasteiger partial charge in [-0.25, -0.2) is 0 Å². The van der Waals surface area contributed by atoms with Crippen molar-refractivity contribution in [1.82, 2.24) is 0 Å². The van der Waals surface area contributed by atoms with Crippen LogP contribution in [-0.4, -0.2) is 5.71 Å². The summed E-state index contributed by atoms with van der Waals surface area (Å²) in [6.07, 6.45) is 7.26. The zero-order valence-electron chi connectivity index (χ0n) is 21.1. The second-order valence-corrected chi connectivity index (χ2v) is 8.34. The lowest BCUT2D eigenvalue weighted by molar-refractivity contribution is 0.301. The predicted molar refractivity (Wildman–Crippen MR) is 137 cm³/mol. The van der Waals surface area contributed by atoms with E-state index in [1.54, 1.807) is 0 Å². The summed E-state index contributed by atoms with van der Waals surface area (Å²) >= 11 is 0. The van der Waals surface area contributed by atoms with Crippen LogP contribution in [0.4, 0.5) is 0 Å². The van der Waals surface area contributed by atoms with Gasteiger partial charge in [0.15, 0.2) is 0 Å². The lowest BCUT2D eigenvalue weighted by Crippen LogP contribution is -2.09. The molecular formula is C28H47N. The van der Waals surface area contributed by atoms with Crippen LogP contribution < -0.4 is 0 Å². The zero-order chi connectivity index (χ0) is 23.0. The molecule has 0 aliphatic carbocycles. The van der Waals surface area contributed by atoms with Crippen LogP contribution in [0.2, 0.25) is 0 Å². The largest absolute Gasteiger partial charge is 0.258 e. The van der Waals surface area contributed by atoms with Crippen LogP contribution in [0.25, 0.3) is 5.57 Å². The van der Waals surface area contributed by atoms with Gasteiger partial charge in [0, 0.05) is 11.3 Å². The highest BCUT2D eigenvalue weighted by atomic mass is 14.8. The Morgan fingerprint density at radius 1 is 1.03 bits per heavy atom. The highest BCUT2D eigenvalue weighted by Crippen LogP contribution is 2.27. The first-order valence-corrected chi connectivity index (χ1v) is 11.2. The third kappa shape index (κ3) is 13.0. The minimum atomic E-state index is 0.601. The number of allylic oxidation sites excluding steroid dienone is 3. The highest BCUT2D eigenvalue weighted by molar-refractivity contribution is 5.85. The molecule has 0 unspecified atom stereocenters. The van der Waals surface area contributed by atoms with E-state index in [0.717, 1.165) is 28.1 Å². The molecule has 1 rings (SSSR count). The quantitative estimate of drug-likeness (QED) is 0.306. The van der Waals surface area contributed by atoms with Crippen molar-refractivity contribution in [2.45, 2.75) is 94.9 Å². The Kier molecular flexibility index (Phi) is 16.1. The van der Waals surface area contributed by atoms with Gasteiger partial charge in [-0.05, 0) is 57.1 Å². The van der Waals surface area contributed by atoms with Crippen molar-refractivity contribution >= 4 is 11.3 Å². The summed E-state index contributed by atoms with van der Waals surface area (Å²) in [5, 5.41) is 0. The van der Waals surface area contributed by atoms with Crippen molar-refractivity contribution in [3.63, 3.8) is 0 Å². The van der Waals surface area contributed by atoms with Gasteiger partial charge in [-0.15, -0.1) is 0 Å². The number of hydrogen-bond acceptors (Lipinski definition) is 1. The molecule has 0 saturated heterocycles. The smallest absolute Gasteiger partial charge is 0.0730 e. The van der Waals surface area contributed by atoms with E-state index < -0.39 is 0 Å². The number of rotatable bonds is 8. The summed E-state index contributed by atoms with van der Waals surface area (Å²) in [7, 11) is 0. The summed E-state index contributed by atoms with van der Waals surface area (Å²) in [4.78, 5) is 4.58. The minimum Gasteiger partial charge on any atom is -0.258 e. The van der Waals surface area contributed by atoms with E-state index in [2.05, 4.69) is 71.0 Å². The SMILES string of the molecule is C=C/C(=C(\N=C(C)C)C(=C)C)c1cccc(C)c1.CC.CCCC(C)(C)CCC. The molecule has 0 bridgehead atoms. The summed E-state index contributed by atoms with van der Waals surface area (Å²) in [5.41, 5.74) is 6.87. The number of hydrogen-bond donors (Lipinski definition) is 0. The molecule has 0 aliphatic heterocycles. The zero-order valence-corrected chi connectivity index (χ0v) is 21.1. The van der Waals surface area contributed by atoms with E-state index >= 15 is 0 Å². The van der Waals surface area contributed by atoms with Crippen molar-refractivity contribution in [3.05, 3.63) is 65.9 Å². The monoisotopic (exact) mass is 397 g/mol. The Hall–Kier alpha value is -1.89. The van der Waals surface area contributed by atoms with Crippen molar-refractivity contribution < 1.29 is 0 Å². The van der Waals surface area contributed by atoms with Gasteiger partial charge < -0.3 is 0 Å². The first-order valence-electron chi connectivity index (χ1n) is 11.2. The van der Waals surface area contributed by atoms with Gasteiger partial charge in [0.25, 0.3) is 0 Å². The van der Waals surface area contributed by atoms with Crippen molar-refractivity contribution in [2.24, 2.45) is 10.4 Å². The molecule has 1 nitrogen and oxygen atoms in total. The molecule has 0 spiro atoms. The molecule has 0 atom stereocenters. The maximum Gasteiger partial charge on any atom is 0.0730 e. The van der Waals surface area contributed by atoms with E-state index in [-0.39, 0.29) is 0 Å². The van der Waals surface area contributed by atoms with E-state index in [4.69, 9.17) is 0 Å². The topological polar surface area (TPSA) is 12.4 Å². The molecule has 0 fully saturated rings. The normalized spacial score (nSPS) is 11.1. The average molecular weight is 398 g/mol. The van der Waals surface area contributed by atoms with Gasteiger partial charge in [0.1, 0.15) is 0 Å². The fraction of sp³-hybridized carbons (Fsp3) is 0.536. The third-order valence-electron chi connectivity index (χ3n) is 4.38. The Morgan fingerprint density at radius 3 is 1.90 bits per heavy atom. The average Bonchev–Trinajstić information content (AvgIpc) is 2.63. The Bertz CT molecular complexity index is 659. The summed E-state index contributed by atoms with van der Waals surface area (Å²) in [5.74, 6) is 0. The second kappa shape index (κ2) is 16.0. The second-order valence-electron chi connectivity index (χ2n) is 8.34. The third-order valence-corrected chi connectivity index (χ3v) is 4.38. The molecule has 0 N–H and O–H groups in total. The lowest BCUT2D eigenvalue weighted by Gasteiger charge is -2.22. The first-order chi connectivity index (χ1) is 13.6. The van der Waals surface area contributed by atoms with Crippen LogP contribution >= 0.6 is 0 Å². The van der Waals surface area contributed by atoms with E-state index in [1.807, 2.05) is 46.8 Å². The first kappa shape index (κ1) is 29.3. The van der Waals surface area contributed by atoms with Gasteiger partial charge in [0.05, 0.1) is 5.70 Å². The molecule has 1 aromatic rings. The van der Waals surface area contributed by atoms with Gasteiger partial charge >= 0.3 is 0 Å². The maximum absolute atomic E-state index is 4.58. The molecule has 0 radical (unpaired) electrons. The Labute approximate surface area is 182 Å². The standard InChI is InChI=1S/C17H21N.C9H20.C2H6/c1-7-16(15-10-8-9-14(6)11-15)17(12(2)3)18-13(4)5;1-5-7-9(3,4)8-6-2;1-2/h7-11H,1-2H2,3-6H3;5-8H2,1-4H3;1-2H3/b17-16+;;. The van der Waals surface area contributed by atoms with E-state index in [1.165, 1.54) is 31.2 Å². The molecule has 0 aromatic heterocycles. The molecule has 1 aromatic carbocycles. The molecule has 1 heteroatoms. The molecule has 164 valence electrons. The van der Waals surface area contributed by atoms with Gasteiger partial charge in [0.2, 0.25) is 0 Å². The van der Waals surface area contributed by atoms with Crippen LogP contribution in [0.5, 0.6) is 0 Å². The van der Waals surface area contributed by atoms with Crippen LogP contribution in [0, 0.1) is 12.3 Å². The number of nitrogens with zero attached hydrogens (tertiary/aromatic N) is 1. The summed E-state index contributed by atoms with van der Waals surface area (Å²) in [6, 6.07) is 8.35. The fourth-order valence-electron chi connectivity index (χ4n) is 3.25. The molecule has 0 amide bonds. The minimum absolute atomic E-state index is 0.601. The van der Waals surface area contributed by atoms with Crippen molar-refractivity contribution in [2.75, 3.05) is 0 Å². The van der Waals surface area contributed by atoms with Gasteiger partial charge in [-0.3, -0.25) is 4.99 Å². The fourth-order valence-corrected chi connectivity index (χ4v) is 3.25. The molecule has 29 heavy (non-hydrogen) atoms. The number of aliphatic imine (C=N–C) groups is 1. The van der Waals surface area contributed by atoms with Gasteiger partial charge in [-0.1, -0.05) is 103 Å². The molecule has 0 heterocycles. The predicted octanol–water partition coefficient (Wildman–Crippen LogP) is 9.59.